The van der Waals surface area contributed by atoms with Crippen LogP contribution < -0.4 is 0 Å². The van der Waals surface area contributed by atoms with Gasteiger partial charge in [-0.3, -0.25) is 0 Å². The molecule has 0 amide bonds. The van der Waals surface area contributed by atoms with Crippen LogP contribution in [0, 0.1) is 23.3 Å². The molecule has 4 heteroatoms. The molecule has 0 saturated carbocycles. The number of halogens is 4. The predicted octanol–water partition coefficient (Wildman–Crippen LogP) is 16.1. The van der Waals surface area contributed by atoms with Crippen LogP contribution in [0.15, 0.2) is 194 Å². The molecule has 9 aromatic carbocycles. The number of hydrogen-bond donors (Lipinski definition) is 0. The first-order valence-electron chi connectivity index (χ1n) is 20.3. The van der Waals surface area contributed by atoms with Crippen molar-refractivity contribution in [1.29, 1.82) is 0 Å². The fraction of sp³-hybridized carbons (Fsp3) is 0. The number of fused-ring (bicyclic) bond motifs is 2. The molecule has 0 aliphatic carbocycles. The zero-order valence-electron chi connectivity index (χ0n) is 33.5. The van der Waals surface area contributed by atoms with Crippen molar-refractivity contribution in [1.82, 2.24) is 0 Å². The Hall–Kier alpha value is -7.82. The van der Waals surface area contributed by atoms with Gasteiger partial charge in [0, 0.05) is 0 Å². The molecule has 0 heterocycles. The van der Waals surface area contributed by atoms with Gasteiger partial charge in [0.15, 0.2) is 0 Å². The first kappa shape index (κ1) is 39.6. The summed E-state index contributed by atoms with van der Waals surface area (Å²) < 4.78 is 56.0. The molecule has 0 N–H and O–H groups in total. The summed E-state index contributed by atoms with van der Waals surface area (Å²) in [6.45, 7) is 0. The van der Waals surface area contributed by atoms with E-state index in [1.165, 1.54) is 48.5 Å². The summed E-state index contributed by atoms with van der Waals surface area (Å²) in [6, 6.07) is 58.5. The zero-order chi connectivity index (χ0) is 42.4. The van der Waals surface area contributed by atoms with Crippen molar-refractivity contribution < 1.29 is 17.6 Å². The molecule has 0 spiro atoms. The van der Waals surface area contributed by atoms with E-state index in [1.807, 2.05) is 36.4 Å². The molecule has 0 radical (unpaired) electrons. The van der Waals surface area contributed by atoms with Crippen LogP contribution in [0.4, 0.5) is 17.6 Å². The van der Waals surface area contributed by atoms with Gasteiger partial charge in [0.05, 0.1) is 0 Å². The van der Waals surface area contributed by atoms with Gasteiger partial charge >= 0.3 is 0 Å². The fourth-order valence-electron chi connectivity index (χ4n) is 7.98. The van der Waals surface area contributed by atoms with E-state index in [2.05, 4.69) is 97.1 Å². The summed E-state index contributed by atoms with van der Waals surface area (Å²) in [6.07, 6.45) is 12.7. The minimum absolute atomic E-state index is 0.325. The van der Waals surface area contributed by atoms with Crippen LogP contribution in [0.25, 0.3) is 69.1 Å². The number of rotatable bonds is 10. The summed E-state index contributed by atoms with van der Waals surface area (Å²) >= 11 is 0. The van der Waals surface area contributed by atoms with E-state index in [9.17, 15) is 17.6 Å². The highest BCUT2D eigenvalue weighted by molar-refractivity contribution is 6.14. The van der Waals surface area contributed by atoms with Crippen molar-refractivity contribution in [3.8, 4) is 0 Å². The van der Waals surface area contributed by atoms with Gasteiger partial charge in [0.2, 0.25) is 0 Å². The van der Waals surface area contributed by atoms with Gasteiger partial charge in [-0.1, -0.05) is 170 Å². The molecule has 0 fully saturated rings. The normalized spacial score (nSPS) is 11.4. The molecule has 9 aromatic rings. The van der Waals surface area contributed by atoms with Crippen LogP contribution in [0.5, 0.6) is 0 Å². The number of benzene rings is 9. The second kappa shape index (κ2) is 17.8. The Kier molecular flexibility index (Phi) is 11.4. The molecule has 298 valence electrons. The van der Waals surface area contributed by atoms with Crippen LogP contribution in [-0.2, 0) is 0 Å². The van der Waals surface area contributed by atoms with E-state index >= 15 is 0 Å². The maximum Gasteiger partial charge on any atom is 0.123 e. The molecular weight excluding hydrogens is 773 g/mol. The third-order valence-corrected chi connectivity index (χ3v) is 11.1. The van der Waals surface area contributed by atoms with Gasteiger partial charge in [-0.25, -0.2) is 17.6 Å². The third kappa shape index (κ3) is 8.58. The minimum atomic E-state index is -0.325. The molecule has 0 unspecified atom stereocenters. The summed E-state index contributed by atoms with van der Waals surface area (Å²) in [7, 11) is 0. The van der Waals surface area contributed by atoms with E-state index in [0.29, 0.717) is 0 Å². The minimum Gasteiger partial charge on any atom is -0.207 e. The summed E-state index contributed by atoms with van der Waals surface area (Å²) in [5, 5.41) is 4.38. The van der Waals surface area contributed by atoms with Crippen LogP contribution in [0.3, 0.4) is 0 Å². The lowest BCUT2D eigenvalue weighted by atomic mass is 9.90. The molecule has 0 bridgehead atoms. The Bertz CT molecular complexity index is 2800. The quantitative estimate of drug-likeness (QED) is 0.0733. The Morgan fingerprint density at radius 2 is 0.500 bits per heavy atom. The maximum absolute atomic E-state index is 14.0. The van der Waals surface area contributed by atoms with Crippen LogP contribution in [0.2, 0.25) is 0 Å². The fourth-order valence-corrected chi connectivity index (χ4v) is 7.98. The molecule has 0 aliphatic heterocycles. The average Bonchev–Trinajstić information content (AvgIpc) is 3.30. The third-order valence-electron chi connectivity index (χ3n) is 11.1. The Balaban J connectivity index is 1.13. The zero-order valence-corrected chi connectivity index (χ0v) is 33.5. The Morgan fingerprint density at radius 3 is 0.774 bits per heavy atom. The molecule has 0 aliphatic rings. The van der Waals surface area contributed by atoms with Crippen molar-refractivity contribution in [2.24, 2.45) is 0 Å². The maximum atomic E-state index is 14.0. The monoisotopic (exact) mass is 810 g/mol. The second-order valence-corrected chi connectivity index (χ2v) is 15.0. The molecule has 9 rings (SSSR count). The van der Waals surface area contributed by atoms with Crippen LogP contribution in [-0.4, -0.2) is 0 Å². The molecule has 62 heavy (non-hydrogen) atoms. The Morgan fingerprint density at radius 1 is 0.258 bits per heavy atom. The number of hydrogen-bond acceptors (Lipinski definition) is 0. The standard InChI is InChI=1S/C58H38F4/c59-47-27-17-41(18-28-47)57(42-19-29-48(60)30-20-42)37-45-11-3-1-9-39(45)25-35-55-51-13-5-7-15-53(51)56(54-16-8-6-14-52(54)55)36-26-40-10-2-4-12-46(40)38-58(43-21-31-49(61)32-22-43)44-23-33-50(62)34-24-44/h1-38H/b35-25-,36-26-. The highest BCUT2D eigenvalue weighted by Crippen LogP contribution is 2.37. The van der Waals surface area contributed by atoms with E-state index in [0.717, 1.165) is 88.3 Å². The van der Waals surface area contributed by atoms with E-state index in [-0.39, 0.29) is 23.3 Å². The second-order valence-electron chi connectivity index (χ2n) is 15.0. The molecule has 0 nitrogen and oxygen atoms in total. The van der Waals surface area contributed by atoms with Crippen molar-refractivity contribution in [2.75, 3.05) is 0 Å². The smallest absolute Gasteiger partial charge is 0.123 e. The lowest BCUT2D eigenvalue weighted by molar-refractivity contribution is 0.627. The highest BCUT2D eigenvalue weighted by Gasteiger charge is 2.13. The molecule has 0 aromatic heterocycles. The Labute approximate surface area is 358 Å². The molecule has 0 atom stereocenters. The van der Waals surface area contributed by atoms with Crippen molar-refractivity contribution >= 4 is 69.1 Å². The van der Waals surface area contributed by atoms with Crippen molar-refractivity contribution in [3.05, 3.63) is 273 Å². The van der Waals surface area contributed by atoms with Crippen molar-refractivity contribution in [2.45, 2.75) is 0 Å². The van der Waals surface area contributed by atoms with Gasteiger partial charge < -0.3 is 0 Å². The van der Waals surface area contributed by atoms with E-state index in [1.54, 1.807) is 48.5 Å². The van der Waals surface area contributed by atoms with Crippen molar-refractivity contribution in [3.63, 3.8) is 0 Å². The summed E-state index contributed by atoms with van der Waals surface area (Å²) in [4.78, 5) is 0. The molecular formula is C58H38F4. The van der Waals surface area contributed by atoms with Gasteiger partial charge in [0.1, 0.15) is 23.3 Å². The molecule has 0 saturated heterocycles. The SMILES string of the molecule is Fc1ccc(C(=Cc2ccccc2/C=C\c2c3ccccc3c(/C=C\c3ccccc3C=C(c3ccc(F)cc3)c3ccc(F)cc3)c3ccccc23)c2ccc(F)cc2)cc1. The van der Waals surface area contributed by atoms with E-state index < -0.39 is 0 Å². The van der Waals surface area contributed by atoms with Gasteiger partial charge in [-0.2, -0.15) is 0 Å². The summed E-state index contributed by atoms with van der Waals surface area (Å²) in [5.41, 5.74) is 11.0. The first-order valence-corrected chi connectivity index (χ1v) is 20.3. The topological polar surface area (TPSA) is 0 Å². The van der Waals surface area contributed by atoms with Gasteiger partial charge in [0.25, 0.3) is 0 Å². The first-order chi connectivity index (χ1) is 30.4. The lowest BCUT2D eigenvalue weighted by Crippen LogP contribution is -1.91. The van der Waals surface area contributed by atoms with E-state index in [4.69, 9.17) is 0 Å². The summed E-state index contributed by atoms with van der Waals surface area (Å²) in [5.74, 6) is -1.30. The van der Waals surface area contributed by atoms with Gasteiger partial charge in [-0.05, 0) is 149 Å². The average molecular weight is 811 g/mol. The van der Waals surface area contributed by atoms with Crippen LogP contribution in [0.1, 0.15) is 55.6 Å². The largest absolute Gasteiger partial charge is 0.207 e. The highest BCUT2D eigenvalue weighted by atomic mass is 19.1. The van der Waals surface area contributed by atoms with Gasteiger partial charge in [-0.15, -0.1) is 0 Å². The predicted molar refractivity (Wildman–Crippen MR) is 252 cm³/mol. The lowest BCUT2D eigenvalue weighted by Gasteiger charge is -2.14. The van der Waals surface area contributed by atoms with Crippen LogP contribution >= 0.6 is 0 Å².